The molecule has 0 saturated carbocycles. The molecular weight excluding hydrogens is 292 g/mol. The summed E-state index contributed by atoms with van der Waals surface area (Å²) in [6.07, 6.45) is 2.29. The SMILES string of the molecule is Cc1ccc2c3c1cc(C(=O)NC=NN)n3CCC2OC(C)C. The van der Waals surface area contributed by atoms with Crippen molar-refractivity contribution >= 4 is 23.1 Å². The Labute approximate surface area is 135 Å². The molecule has 1 aromatic carbocycles. The minimum absolute atomic E-state index is 0.0713. The molecule has 3 N–H and O–H groups in total. The predicted octanol–water partition coefficient (Wildman–Crippen LogP) is 2.45. The molecule has 1 aromatic heterocycles. The smallest absolute Gasteiger partial charge is 0.273 e. The zero-order valence-electron chi connectivity index (χ0n) is 13.7. The number of ether oxygens (including phenoxy) is 1. The van der Waals surface area contributed by atoms with Gasteiger partial charge >= 0.3 is 0 Å². The molecule has 1 unspecified atom stereocenters. The Balaban J connectivity index is 2.13. The number of hydrogen-bond donors (Lipinski definition) is 2. The predicted molar refractivity (Wildman–Crippen MR) is 90.4 cm³/mol. The fourth-order valence-corrected chi connectivity index (χ4v) is 3.27. The van der Waals surface area contributed by atoms with Gasteiger partial charge in [0.25, 0.3) is 5.91 Å². The number of hydrazone groups is 1. The van der Waals surface area contributed by atoms with Gasteiger partial charge in [-0.05, 0) is 38.8 Å². The normalized spacial score (nSPS) is 17.3. The van der Waals surface area contributed by atoms with Gasteiger partial charge < -0.3 is 20.5 Å². The van der Waals surface area contributed by atoms with Crippen LogP contribution in [0, 0.1) is 6.92 Å². The third-order valence-corrected chi connectivity index (χ3v) is 4.21. The molecule has 0 spiro atoms. The average Bonchev–Trinajstić information content (AvgIpc) is 2.91. The van der Waals surface area contributed by atoms with E-state index in [1.807, 2.05) is 19.9 Å². The van der Waals surface area contributed by atoms with E-state index in [2.05, 4.69) is 34.0 Å². The summed E-state index contributed by atoms with van der Waals surface area (Å²) in [7, 11) is 0. The van der Waals surface area contributed by atoms with E-state index in [-0.39, 0.29) is 18.1 Å². The molecule has 122 valence electrons. The van der Waals surface area contributed by atoms with Crippen LogP contribution in [0.3, 0.4) is 0 Å². The molecule has 2 aromatic rings. The molecule has 1 aliphatic heterocycles. The summed E-state index contributed by atoms with van der Waals surface area (Å²) in [4.78, 5) is 12.3. The van der Waals surface area contributed by atoms with Crippen LogP contribution in [-0.2, 0) is 11.3 Å². The van der Waals surface area contributed by atoms with Crippen molar-refractivity contribution in [3.8, 4) is 0 Å². The molecule has 3 rings (SSSR count). The van der Waals surface area contributed by atoms with E-state index >= 15 is 0 Å². The maximum absolute atomic E-state index is 12.3. The second-order valence-electron chi connectivity index (χ2n) is 6.13. The fraction of sp³-hybridized carbons (Fsp3) is 0.412. The van der Waals surface area contributed by atoms with Gasteiger partial charge in [0.2, 0.25) is 0 Å². The Morgan fingerprint density at radius 3 is 3.00 bits per heavy atom. The lowest BCUT2D eigenvalue weighted by atomic mass is 9.98. The maximum Gasteiger partial charge on any atom is 0.273 e. The van der Waals surface area contributed by atoms with Crippen LogP contribution in [0.2, 0.25) is 0 Å². The number of hydrogen-bond acceptors (Lipinski definition) is 4. The minimum Gasteiger partial charge on any atom is -0.371 e. The van der Waals surface area contributed by atoms with Gasteiger partial charge in [-0.15, -0.1) is 0 Å². The first kappa shape index (κ1) is 15.6. The quantitative estimate of drug-likeness (QED) is 0.393. The van der Waals surface area contributed by atoms with Crippen LogP contribution >= 0.6 is 0 Å². The van der Waals surface area contributed by atoms with Crippen molar-refractivity contribution in [2.24, 2.45) is 10.9 Å². The average molecular weight is 314 g/mol. The van der Waals surface area contributed by atoms with Crippen LogP contribution in [0.4, 0.5) is 0 Å². The minimum atomic E-state index is -0.205. The highest BCUT2D eigenvalue weighted by atomic mass is 16.5. The van der Waals surface area contributed by atoms with E-state index in [0.29, 0.717) is 5.69 Å². The van der Waals surface area contributed by atoms with Crippen molar-refractivity contribution in [1.82, 2.24) is 9.88 Å². The van der Waals surface area contributed by atoms with Crippen LogP contribution in [0.1, 0.15) is 48.0 Å². The first-order valence-corrected chi connectivity index (χ1v) is 7.83. The molecule has 2 heterocycles. The lowest BCUT2D eigenvalue weighted by Gasteiger charge is -2.28. The molecule has 1 atom stereocenters. The summed E-state index contributed by atoms with van der Waals surface area (Å²) >= 11 is 0. The van der Waals surface area contributed by atoms with E-state index in [1.165, 1.54) is 6.34 Å². The Kier molecular flexibility index (Phi) is 4.09. The summed E-state index contributed by atoms with van der Waals surface area (Å²) in [5.41, 5.74) is 4.02. The van der Waals surface area contributed by atoms with Crippen molar-refractivity contribution in [2.45, 2.75) is 45.9 Å². The van der Waals surface area contributed by atoms with E-state index in [1.54, 1.807) is 0 Å². The highest BCUT2D eigenvalue weighted by molar-refractivity contribution is 6.04. The summed E-state index contributed by atoms with van der Waals surface area (Å²) in [6.45, 7) is 6.90. The van der Waals surface area contributed by atoms with Crippen molar-refractivity contribution in [1.29, 1.82) is 0 Å². The van der Waals surface area contributed by atoms with Crippen LogP contribution < -0.4 is 11.2 Å². The Morgan fingerprint density at radius 2 is 2.30 bits per heavy atom. The number of rotatable bonds is 4. The summed E-state index contributed by atoms with van der Waals surface area (Å²) in [6, 6.07) is 6.14. The second kappa shape index (κ2) is 6.04. The number of aryl methyl sites for hydroxylation is 2. The van der Waals surface area contributed by atoms with Gasteiger partial charge in [0.05, 0.1) is 17.7 Å². The monoisotopic (exact) mass is 314 g/mol. The van der Waals surface area contributed by atoms with Gasteiger partial charge in [0.15, 0.2) is 0 Å². The van der Waals surface area contributed by atoms with Crippen molar-refractivity contribution in [3.05, 3.63) is 35.0 Å². The topological polar surface area (TPSA) is 81.6 Å². The van der Waals surface area contributed by atoms with Gasteiger partial charge in [-0.1, -0.05) is 12.1 Å². The first-order valence-electron chi connectivity index (χ1n) is 7.83. The molecule has 0 bridgehead atoms. The molecule has 6 nitrogen and oxygen atoms in total. The number of nitrogens with one attached hydrogen (secondary N) is 1. The number of nitrogens with two attached hydrogens (primary N) is 1. The molecular formula is C17H22N4O2. The van der Waals surface area contributed by atoms with Gasteiger partial charge in [-0.2, -0.15) is 5.10 Å². The van der Waals surface area contributed by atoms with Crippen LogP contribution in [0.25, 0.3) is 10.9 Å². The lowest BCUT2D eigenvalue weighted by molar-refractivity contribution is -0.00240. The number of aromatic nitrogens is 1. The molecule has 0 aliphatic carbocycles. The fourth-order valence-electron chi connectivity index (χ4n) is 3.27. The summed E-state index contributed by atoms with van der Waals surface area (Å²) in [5.74, 6) is 4.85. The molecule has 6 heteroatoms. The van der Waals surface area contributed by atoms with Gasteiger partial charge in [0.1, 0.15) is 12.0 Å². The van der Waals surface area contributed by atoms with Crippen molar-refractivity contribution in [2.75, 3.05) is 0 Å². The Hall–Kier alpha value is -2.34. The standard InChI is InChI=1S/C17H22N4O2/c1-10(2)23-15-6-7-21-14(17(22)19-9-20-18)8-13-11(3)4-5-12(15)16(13)21/h4-5,8-10,15H,6-7,18H2,1-3H3,(H,19,20,22). The van der Waals surface area contributed by atoms with E-state index in [9.17, 15) is 4.79 Å². The Bertz CT molecular complexity index is 776. The molecule has 0 fully saturated rings. The number of carbonyl (C=O) groups is 1. The summed E-state index contributed by atoms with van der Waals surface area (Å²) < 4.78 is 8.13. The maximum atomic E-state index is 12.3. The summed E-state index contributed by atoms with van der Waals surface area (Å²) in [5, 5.41) is 6.99. The molecule has 1 aliphatic rings. The highest BCUT2D eigenvalue weighted by Gasteiger charge is 2.27. The van der Waals surface area contributed by atoms with Crippen LogP contribution in [0.15, 0.2) is 23.3 Å². The largest absolute Gasteiger partial charge is 0.371 e. The first-order chi connectivity index (χ1) is 11.0. The third kappa shape index (κ3) is 2.70. The number of nitrogens with zero attached hydrogens (tertiary/aromatic N) is 2. The van der Waals surface area contributed by atoms with E-state index in [4.69, 9.17) is 10.6 Å². The van der Waals surface area contributed by atoms with Crippen LogP contribution in [0.5, 0.6) is 0 Å². The van der Waals surface area contributed by atoms with Gasteiger partial charge in [-0.25, -0.2) is 0 Å². The number of benzene rings is 1. The third-order valence-electron chi connectivity index (χ3n) is 4.21. The number of amides is 1. The van der Waals surface area contributed by atoms with Gasteiger partial charge in [-0.3, -0.25) is 4.79 Å². The zero-order chi connectivity index (χ0) is 16.6. The zero-order valence-corrected chi connectivity index (χ0v) is 13.7. The van der Waals surface area contributed by atoms with E-state index < -0.39 is 0 Å². The van der Waals surface area contributed by atoms with Gasteiger partial charge in [0, 0.05) is 17.5 Å². The van der Waals surface area contributed by atoms with Crippen molar-refractivity contribution in [3.63, 3.8) is 0 Å². The van der Waals surface area contributed by atoms with Crippen LogP contribution in [-0.4, -0.2) is 22.9 Å². The second-order valence-corrected chi connectivity index (χ2v) is 6.13. The van der Waals surface area contributed by atoms with E-state index in [0.717, 1.165) is 35.0 Å². The van der Waals surface area contributed by atoms with Crippen molar-refractivity contribution < 1.29 is 9.53 Å². The Morgan fingerprint density at radius 1 is 1.52 bits per heavy atom. The molecule has 0 saturated heterocycles. The molecule has 0 radical (unpaired) electrons. The lowest BCUT2D eigenvalue weighted by Crippen LogP contribution is -2.27. The molecule has 23 heavy (non-hydrogen) atoms. The molecule has 1 amide bonds. The highest BCUT2D eigenvalue weighted by Crippen LogP contribution is 2.38. The number of carbonyl (C=O) groups excluding carboxylic acids is 1.